The lowest BCUT2D eigenvalue weighted by Crippen LogP contribution is -2.21. The molecule has 3 aromatic rings. The van der Waals surface area contributed by atoms with Crippen LogP contribution in [0.25, 0.3) is 11.1 Å². The molecule has 0 saturated carbocycles. The van der Waals surface area contributed by atoms with Gasteiger partial charge in [-0.1, -0.05) is 31.2 Å². The van der Waals surface area contributed by atoms with Gasteiger partial charge in [-0.15, -0.1) is 11.3 Å². The first-order valence-electron chi connectivity index (χ1n) is 10.5. The molecule has 0 fully saturated rings. The molecule has 8 heteroatoms. The monoisotopic (exact) mass is 469 g/mol. The largest absolute Gasteiger partial charge is 0.493 e. The smallest absolute Gasteiger partial charge is 0.341 e. The molecule has 1 aromatic heterocycles. The summed E-state index contributed by atoms with van der Waals surface area (Å²) in [5.41, 5.74) is 2.67. The molecule has 0 unspecified atom stereocenters. The molecule has 2 aromatic carbocycles. The average Bonchev–Trinajstić information content (AvgIpc) is 3.26. The van der Waals surface area contributed by atoms with E-state index < -0.39 is 5.97 Å². The van der Waals surface area contributed by atoms with Gasteiger partial charge in [0.1, 0.15) is 16.3 Å². The Labute approximate surface area is 197 Å². The van der Waals surface area contributed by atoms with E-state index in [9.17, 15) is 9.59 Å². The van der Waals surface area contributed by atoms with Gasteiger partial charge in [0.05, 0.1) is 20.8 Å². The molecule has 0 saturated heterocycles. The van der Waals surface area contributed by atoms with Gasteiger partial charge >= 0.3 is 5.97 Å². The van der Waals surface area contributed by atoms with Crippen molar-refractivity contribution in [3.8, 4) is 28.4 Å². The third-order valence-corrected chi connectivity index (χ3v) is 5.83. The number of carbonyl (C=O) groups excluding carboxylic acids is 2. The molecule has 1 amide bonds. The van der Waals surface area contributed by atoms with Crippen molar-refractivity contribution < 1.29 is 28.5 Å². The maximum atomic E-state index is 12.8. The summed E-state index contributed by atoms with van der Waals surface area (Å²) in [5, 5.41) is 5.00. The number of hydrogen-bond donors (Lipinski definition) is 1. The van der Waals surface area contributed by atoms with Crippen molar-refractivity contribution in [1.29, 1.82) is 0 Å². The number of benzene rings is 2. The highest BCUT2D eigenvalue weighted by molar-refractivity contribution is 7.15. The lowest BCUT2D eigenvalue weighted by Gasteiger charge is -2.12. The summed E-state index contributed by atoms with van der Waals surface area (Å²) in [4.78, 5) is 25.4. The molecule has 0 aliphatic carbocycles. The van der Waals surface area contributed by atoms with Crippen molar-refractivity contribution in [1.82, 2.24) is 0 Å². The minimum atomic E-state index is -0.518. The zero-order valence-corrected chi connectivity index (χ0v) is 19.9. The fraction of sp³-hybridized carbons (Fsp3) is 0.280. The molecule has 0 spiro atoms. The van der Waals surface area contributed by atoms with Crippen LogP contribution in [0.5, 0.6) is 17.2 Å². The normalized spacial score (nSPS) is 10.4. The van der Waals surface area contributed by atoms with Gasteiger partial charge in [0, 0.05) is 10.9 Å². The number of carbonyl (C=O) groups is 2. The third kappa shape index (κ3) is 5.64. The van der Waals surface area contributed by atoms with E-state index >= 15 is 0 Å². The quantitative estimate of drug-likeness (QED) is 0.412. The van der Waals surface area contributed by atoms with E-state index in [1.807, 2.05) is 37.3 Å². The molecule has 7 nitrogen and oxygen atoms in total. The molecule has 174 valence electrons. The van der Waals surface area contributed by atoms with Gasteiger partial charge in [-0.25, -0.2) is 4.79 Å². The predicted molar refractivity (Wildman–Crippen MR) is 129 cm³/mol. The van der Waals surface area contributed by atoms with Gasteiger partial charge in [-0.3, -0.25) is 4.79 Å². The lowest BCUT2D eigenvalue weighted by molar-refractivity contribution is -0.118. The maximum absolute atomic E-state index is 12.8. The highest BCUT2D eigenvalue weighted by atomic mass is 32.1. The van der Waals surface area contributed by atoms with Gasteiger partial charge in [-0.05, 0) is 42.7 Å². The Morgan fingerprint density at radius 2 is 1.73 bits per heavy atom. The number of para-hydroxylation sites is 1. The van der Waals surface area contributed by atoms with E-state index in [-0.39, 0.29) is 24.7 Å². The van der Waals surface area contributed by atoms with Crippen LogP contribution >= 0.6 is 11.3 Å². The standard InChI is InChI=1S/C25H27NO6S/c1-5-16-9-7-8-10-19(16)32-14-22(27)26-24-23(25(28)31-6-2)18(15-33-24)17-11-12-20(29-3)21(13-17)30-4/h7-13,15H,5-6,14H2,1-4H3,(H,26,27). The summed E-state index contributed by atoms with van der Waals surface area (Å²) in [7, 11) is 3.10. The van der Waals surface area contributed by atoms with Gasteiger partial charge in [0.25, 0.3) is 5.91 Å². The van der Waals surface area contributed by atoms with Crippen LogP contribution in [0.1, 0.15) is 29.8 Å². The molecule has 1 heterocycles. The van der Waals surface area contributed by atoms with Crippen LogP contribution in [-0.2, 0) is 16.0 Å². The maximum Gasteiger partial charge on any atom is 0.341 e. The zero-order valence-electron chi connectivity index (χ0n) is 19.1. The van der Waals surface area contributed by atoms with Crippen LogP contribution in [-0.4, -0.2) is 39.3 Å². The number of anilines is 1. The summed E-state index contributed by atoms with van der Waals surface area (Å²) < 4.78 is 21.6. The second-order valence-electron chi connectivity index (χ2n) is 6.94. The third-order valence-electron chi connectivity index (χ3n) is 4.93. The highest BCUT2D eigenvalue weighted by Gasteiger charge is 2.23. The zero-order chi connectivity index (χ0) is 23.8. The van der Waals surface area contributed by atoms with Crippen LogP contribution < -0.4 is 19.5 Å². The van der Waals surface area contributed by atoms with Gasteiger partial charge < -0.3 is 24.3 Å². The molecular weight excluding hydrogens is 442 g/mol. The van der Waals surface area contributed by atoms with E-state index in [4.69, 9.17) is 18.9 Å². The highest BCUT2D eigenvalue weighted by Crippen LogP contribution is 2.39. The molecule has 0 radical (unpaired) electrons. The van der Waals surface area contributed by atoms with Crippen LogP contribution in [0.3, 0.4) is 0 Å². The predicted octanol–water partition coefficient (Wildman–Crippen LogP) is 5.19. The molecule has 0 aliphatic heterocycles. The van der Waals surface area contributed by atoms with Crippen LogP contribution in [0.2, 0.25) is 0 Å². The Morgan fingerprint density at radius 1 is 0.970 bits per heavy atom. The van der Waals surface area contributed by atoms with E-state index in [1.165, 1.54) is 11.3 Å². The molecule has 33 heavy (non-hydrogen) atoms. The first-order chi connectivity index (χ1) is 16.0. The first-order valence-corrected chi connectivity index (χ1v) is 11.4. The second kappa shape index (κ2) is 11.4. The number of aryl methyl sites for hydroxylation is 1. The van der Waals surface area contributed by atoms with Crippen molar-refractivity contribution in [3.05, 3.63) is 59.0 Å². The summed E-state index contributed by atoms with van der Waals surface area (Å²) in [6.45, 7) is 3.79. The van der Waals surface area contributed by atoms with Crippen molar-refractivity contribution >= 4 is 28.2 Å². The van der Waals surface area contributed by atoms with Gasteiger partial charge in [0.2, 0.25) is 0 Å². The van der Waals surface area contributed by atoms with E-state index in [1.54, 1.807) is 38.7 Å². The topological polar surface area (TPSA) is 83.1 Å². The first kappa shape index (κ1) is 24.1. The van der Waals surface area contributed by atoms with Crippen molar-refractivity contribution in [3.63, 3.8) is 0 Å². The number of hydrogen-bond acceptors (Lipinski definition) is 7. The Bertz CT molecular complexity index is 1120. The van der Waals surface area contributed by atoms with Crippen LogP contribution in [0.4, 0.5) is 5.00 Å². The molecule has 0 atom stereocenters. The minimum Gasteiger partial charge on any atom is -0.493 e. The Balaban J connectivity index is 1.86. The van der Waals surface area contributed by atoms with Crippen molar-refractivity contribution in [2.75, 3.05) is 32.8 Å². The second-order valence-corrected chi connectivity index (χ2v) is 7.82. The summed E-state index contributed by atoms with van der Waals surface area (Å²) in [6.07, 6.45) is 0.796. The summed E-state index contributed by atoms with van der Waals surface area (Å²) in [6, 6.07) is 12.9. The lowest BCUT2D eigenvalue weighted by atomic mass is 10.0. The van der Waals surface area contributed by atoms with E-state index in [0.717, 1.165) is 17.5 Å². The number of esters is 1. The Hall–Kier alpha value is -3.52. The molecular formula is C25H27NO6S. The minimum absolute atomic E-state index is 0.178. The fourth-order valence-electron chi connectivity index (χ4n) is 3.31. The van der Waals surface area contributed by atoms with Gasteiger partial charge in [0.15, 0.2) is 18.1 Å². The molecule has 0 bridgehead atoms. The van der Waals surface area contributed by atoms with Crippen LogP contribution in [0, 0.1) is 0 Å². The summed E-state index contributed by atoms with van der Waals surface area (Å²) >= 11 is 1.25. The molecule has 1 N–H and O–H groups in total. The number of ether oxygens (including phenoxy) is 4. The number of amides is 1. The van der Waals surface area contributed by atoms with Crippen molar-refractivity contribution in [2.24, 2.45) is 0 Å². The van der Waals surface area contributed by atoms with Gasteiger partial charge in [-0.2, -0.15) is 0 Å². The number of nitrogens with one attached hydrogen (secondary N) is 1. The van der Waals surface area contributed by atoms with Crippen LogP contribution in [0.15, 0.2) is 47.8 Å². The SMILES string of the molecule is CCOC(=O)c1c(-c2ccc(OC)c(OC)c2)csc1NC(=O)COc1ccccc1CC. The number of methoxy groups -OCH3 is 2. The van der Waals surface area contributed by atoms with Crippen molar-refractivity contribution in [2.45, 2.75) is 20.3 Å². The molecule has 3 rings (SSSR count). The fourth-order valence-corrected chi connectivity index (χ4v) is 4.29. The van der Waals surface area contributed by atoms with E-state index in [0.29, 0.717) is 27.8 Å². The molecule has 0 aliphatic rings. The summed E-state index contributed by atoms with van der Waals surface area (Å²) in [5.74, 6) is 0.887. The Morgan fingerprint density at radius 3 is 2.42 bits per heavy atom. The number of rotatable bonds is 10. The average molecular weight is 470 g/mol. The van der Waals surface area contributed by atoms with E-state index in [2.05, 4.69) is 5.32 Å². The Kier molecular flexibility index (Phi) is 8.32. The number of thiophene rings is 1.